The zero-order valence-corrected chi connectivity index (χ0v) is 16.4. The van der Waals surface area contributed by atoms with Crippen molar-refractivity contribution in [1.82, 2.24) is 0 Å². The van der Waals surface area contributed by atoms with Gasteiger partial charge in [0.2, 0.25) is 0 Å². The molecular formula is C20H17Cl2NO5. The Hall–Kier alpha value is -2.70. The standard InChI is InChI=1S/C20H17Cl2NO5/c1-12(28-19(24)7-3-13-2-4-14(21)10-16(13)22)20(25)23-15-5-6-17-18(11-15)27-9-8-26-17/h2-7,10-12H,8-9H2,1H3,(H,23,25)/b7-3+. The van der Waals surface area contributed by atoms with Crippen molar-refractivity contribution in [2.24, 2.45) is 0 Å². The van der Waals surface area contributed by atoms with E-state index in [1.807, 2.05) is 0 Å². The molecule has 8 heteroatoms. The number of benzene rings is 2. The Kier molecular flexibility index (Phi) is 6.44. The zero-order valence-electron chi connectivity index (χ0n) is 14.9. The minimum absolute atomic E-state index is 0.404. The number of nitrogens with one attached hydrogen (secondary N) is 1. The normalized spacial score (nSPS) is 13.8. The molecule has 1 amide bonds. The zero-order chi connectivity index (χ0) is 20.1. The van der Waals surface area contributed by atoms with Gasteiger partial charge >= 0.3 is 5.97 Å². The van der Waals surface area contributed by atoms with Crippen LogP contribution in [0.25, 0.3) is 6.08 Å². The highest BCUT2D eigenvalue weighted by atomic mass is 35.5. The summed E-state index contributed by atoms with van der Waals surface area (Å²) in [7, 11) is 0. The van der Waals surface area contributed by atoms with Crippen LogP contribution in [0.3, 0.4) is 0 Å². The van der Waals surface area contributed by atoms with Crippen LogP contribution in [0.15, 0.2) is 42.5 Å². The molecule has 3 rings (SSSR count). The second kappa shape index (κ2) is 8.99. The van der Waals surface area contributed by atoms with Crippen LogP contribution in [0.1, 0.15) is 12.5 Å². The molecule has 0 aromatic heterocycles. The average Bonchev–Trinajstić information content (AvgIpc) is 2.67. The molecule has 2 aromatic rings. The Bertz CT molecular complexity index is 929. The predicted molar refractivity (Wildman–Crippen MR) is 107 cm³/mol. The molecule has 146 valence electrons. The Morgan fingerprint density at radius 3 is 2.61 bits per heavy atom. The maximum atomic E-state index is 12.3. The third-order valence-electron chi connectivity index (χ3n) is 3.83. The number of amides is 1. The molecule has 1 atom stereocenters. The van der Waals surface area contributed by atoms with Gasteiger partial charge in [-0.2, -0.15) is 0 Å². The van der Waals surface area contributed by atoms with Gasteiger partial charge in [0.05, 0.1) is 0 Å². The van der Waals surface area contributed by atoms with Crippen molar-refractivity contribution in [2.45, 2.75) is 13.0 Å². The molecule has 2 aromatic carbocycles. The Balaban J connectivity index is 1.56. The summed E-state index contributed by atoms with van der Waals surface area (Å²) in [4.78, 5) is 24.2. The van der Waals surface area contributed by atoms with Gasteiger partial charge in [0.25, 0.3) is 5.91 Å². The highest BCUT2D eigenvalue weighted by molar-refractivity contribution is 6.35. The van der Waals surface area contributed by atoms with Gasteiger partial charge in [0.15, 0.2) is 17.6 Å². The molecule has 1 N–H and O–H groups in total. The third-order valence-corrected chi connectivity index (χ3v) is 4.40. The molecule has 0 aliphatic carbocycles. The largest absolute Gasteiger partial charge is 0.486 e. The Morgan fingerprint density at radius 2 is 1.86 bits per heavy atom. The fraction of sp³-hybridized carbons (Fsp3) is 0.200. The minimum Gasteiger partial charge on any atom is -0.486 e. The van der Waals surface area contributed by atoms with Gasteiger partial charge in [-0.3, -0.25) is 4.79 Å². The quantitative estimate of drug-likeness (QED) is 0.573. The molecule has 1 aliphatic rings. The number of fused-ring (bicyclic) bond motifs is 1. The van der Waals surface area contributed by atoms with Crippen LogP contribution >= 0.6 is 23.2 Å². The summed E-state index contributed by atoms with van der Waals surface area (Å²) in [6, 6.07) is 9.94. The van der Waals surface area contributed by atoms with Crippen molar-refractivity contribution in [1.29, 1.82) is 0 Å². The first kappa shape index (κ1) is 20.0. The van der Waals surface area contributed by atoms with E-state index in [0.29, 0.717) is 46.0 Å². The molecule has 0 bridgehead atoms. The van der Waals surface area contributed by atoms with Crippen molar-refractivity contribution in [2.75, 3.05) is 18.5 Å². The lowest BCUT2D eigenvalue weighted by Gasteiger charge is -2.19. The van der Waals surface area contributed by atoms with Gasteiger partial charge in [-0.15, -0.1) is 0 Å². The van der Waals surface area contributed by atoms with Gasteiger partial charge < -0.3 is 19.5 Å². The number of esters is 1. The summed E-state index contributed by atoms with van der Waals surface area (Å²) in [5.41, 5.74) is 1.12. The summed E-state index contributed by atoms with van der Waals surface area (Å²) >= 11 is 11.9. The summed E-state index contributed by atoms with van der Waals surface area (Å²) in [6.07, 6.45) is 1.70. The highest BCUT2D eigenvalue weighted by Gasteiger charge is 2.18. The number of halogens is 2. The van der Waals surface area contributed by atoms with Crippen molar-refractivity contribution >= 4 is 46.8 Å². The number of hydrogen-bond acceptors (Lipinski definition) is 5. The van der Waals surface area contributed by atoms with Crippen molar-refractivity contribution in [3.05, 3.63) is 58.1 Å². The molecule has 0 saturated carbocycles. The lowest BCUT2D eigenvalue weighted by atomic mass is 10.2. The van der Waals surface area contributed by atoms with E-state index in [2.05, 4.69) is 5.32 Å². The molecule has 1 aliphatic heterocycles. The molecule has 0 spiro atoms. The second-order valence-electron chi connectivity index (χ2n) is 5.93. The first-order valence-corrected chi connectivity index (χ1v) is 9.22. The van der Waals surface area contributed by atoms with Crippen LogP contribution in [-0.4, -0.2) is 31.2 Å². The molecule has 0 saturated heterocycles. The average molecular weight is 422 g/mol. The van der Waals surface area contributed by atoms with E-state index < -0.39 is 18.0 Å². The molecule has 0 fully saturated rings. The van der Waals surface area contributed by atoms with E-state index in [0.717, 1.165) is 0 Å². The first-order valence-electron chi connectivity index (χ1n) is 8.46. The van der Waals surface area contributed by atoms with Gasteiger partial charge in [0, 0.05) is 27.9 Å². The van der Waals surface area contributed by atoms with Crippen LogP contribution in [0.5, 0.6) is 11.5 Å². The number of hydrogen-bond donors (Lipinski definition) is 1. The highest BCUT2D eigenvalue weighted by Crippen LogP contribution is 2.32. The third kappa shape index (κ3) is 5.18. The molecular weight excluding hydrogens is 405 g/mol. The number of rotatable bonds is 5. The Morgan fingerprint density at radius 1 is 1.11 bits per heavy atom. The number of carbonyl (C=O) groups is 2. The van der Waals surface area contributed by atoms with Gasteiger partial charge in [-0.05, 0) is 42.8 Å². The SMILES string of the molecule is CC(OC(=O)/C=C/c1ccc(Cl)cc1Cl)C(=O)Nc1ccc2c(c1)OCCO2. The van der Waals surface area contributed by atoms with Crippen LogP contribution in [0.4, 0.5) is 5.69 Å². The van der Waals surface area contributed by atoms with Crippen LogP contribution in [-0.2, 0) is 14.3 Å². The lowest BCUT2D eigenvalue weighted by Crippen LogP contribution is -2.29. The van der Waals surface area contributed by atoms with Crippen molar-refractivity contribution < 1.29 is 23.8 Å². The van der Waals surface area contributed by atoms with Crippen LogP contribution < -0.4 is 14.8 Å². The fourth-order valence-corrected chi connectivity index (χ4v) is 2.90. The summed E-state index contributed by atoms with van der Waals surface area (Å²) < 4.78 is 16.0. The van der Waals surface area contributed by atoms with Crippen molar-refractivity contribution in [3.63, 3.8) is 0 Å². The number of carbonyl (C=O) groups excluding carboxylic acids is 2. The van der Waals surface area contributed by atoms with E-state index in [4.69, 9.17) is 37.4 Å². The van der Waals surface area contributed by atoms with E-state index >= 15 is 0 Å². The van der Waals surface area contributed by atoms with Crippen molar-refractivity contribution in [3.8, 4) is 11.5 Å². The Labute approximate surface area is 172 Å². The maximum Gasteiger partial charge on any atom is 0.331 e. The number of ether oxygens (including phenoxy) is 3. The van der Waals surface area contributed by atoms with E-state index in [-0.39, 0.29) is 0 Å². The minimum atomic E-state index is -0.994. The van der Waals surface area contributed by atoms with Crippen LogP contribution in [0, 0.1) is 0 Å². The smallest absolute Gasteiger partial charge is 0.331 e. The first-order chi connectivity index (χ1) is 13.4. The predicted octanol–water partition coefficient (Wildman–Crippen LogP) is 4.35. The molecule has 0 radical (unpaired) electrons. The van der Waals surface area contributed by atoms with E-state index in [1.165, 1.54) is 19.1 Å². The summed E-state index contributed by atoms with van der Waals surface area (Å²) in [5, 5.41) is 3.57. The maximum absolute atomic E-state index is 12.3. The van der Waals surface area contributed by atoms with Crippen LogP contribution in [0.2, 0.25) is 10.0 Å². The molecule has 1 unspecified atom stereocenters. The molecule has 1 heterocycles. The monoisotopic (exact) mass is 421 g/mol. The van der Waals surface area contributed by atoms with Gasteiger partial charge in [-0.25, -0.2) is 4.79 Å². The topological polar surface area (TPSA) is 73.9 Å². The fourth-order valence-electron chi connectivity index (χ4n) is 2.43. The van der Waals surface area contributed by atoms with E-state index in [1.54, 1.807) is 36.4 Å². The summed E-state index contributed by atoms with van der Waals surface area (Å²) in [6.45, 7) is 2.41. The van der Waals surface area contributed by atoms with Gasteiger partial charge in [0.1, 0.15) is 13.2 Å². The molecule has 28 heavy (non-hydrogen) atoms. The number of anilines is 1. The molecule has 6 nitrogen and oxygen atoms in total. The lowest BCUT2D eigenvalue weighted by molar-refractivity contribution is -0.148. The van der Waals surface area contributed by atoms with Gasteiger partial charge in [-0.1, -0.05) is 29.3 Å². The second-order valence-corrected chi connectivity index (χ2v) is 6.77. The summed E-state index contributed by atoms with van der Waals surface area (Å²) in [5.74, 6) is 0.0324. The van der Waals surface area contributed by atoms with E-state index in [9.17, 15) is 9.59 Å².